The molecule has 0 saturated heterocycles. The second-order valence-electron chi connectivity index (χ2n) is 5.40. The summed E-state index contributed by atoms with van der Waals surface area (Å²) >= 11 is 0. The average Bonchev–Trinajstić information content (AvgIpc) is 2.92. The zero-order chi connectivity index (χ0) is 13.8. The Morgan fingerprint density at radius 1 is 1.00 bits per heavy atom. The predicted molar refractivity (Wildman–Crippen MR) is 79.3 cm³/mol. The van der Waals surface area contributed by atoms with Crippen molar-refractivity contribution in [2.24, 2.45) is 0 Å². The van der Waals surface area contributed by atoms with Crippen LogP contribution in [0.2, 0.25) is 0 Å². The van der Waals surface area contributed by atoms with Crippen molar-refractivity contribution in [3.05, 3.63) is 66.0 Å². The predicted octanol–water partition coefficient (Wildman–Crippen LogP) is 2.67. The summed E-state index contributed by atoms with van der Waals surface area (Å²) in [4.78, 5) is 4.09. The van der Waals surface area contributed by atoms with Gasteiger partial charge < -0.3 is 10.4 Å². The average molecular weight is 268 g/mol. The molecule has 1 aromatic carbocycles. The minimum absolute atomic E-state index is 0.108. The summed E-state index contributed by atoms with van der Waals surface area (Å²) in [6, 6.07) is 14.7. The van der Waals surface area contributed by atoms with Crippen LogP contribution in [-0.2, 0) is 0 Å². The highest BCUT2D eigenvalue weighted by Crippen LogP contribution is 2.26. The molecule has 20 heavy (non-hydrogen) atoms. The molecule has 1 heterocycles. The summed E-state index contributed by atoms with van der Waals surface area (Å²) in [5, 5.41) is 13.7. The Morgan fingerprint density at radius 2 is 1.70 bits per heavy atom. The number of hydrogen-bond donors (Lipinski definition) is 2. The Bertz CT molecular complexity index is 490. The third-order valence-corrected chi connectivity index (χ3v) is 4.03. The first-order chi connectivity index (χ1) is 9.84. The van der Waals surface area contributed by atoms with E-state index in [2.05, 4.69) is 34.6 Å². The van der Waals surface area contributed by atoms with Crippen molar-refractivity contribution >= 4 is 0 Å². The molecule has 3 nitrogen and oxygen atoms in total. The Kier molecular flexibility index (Phi) is 4.09. The number of aromatic nitrogens is 1. The summed E-state index contributed by atoms with van der Waals surface area (Å²) in [5.41, 5.74) is 2.41. The highest BCUT2D eigenvalue weighted by atomic mass is 16.3. The van der Waals surface area contributed by atoms with Gasteiger partial charge in [-0.3, -0.25) is 4.98 Å². The van der Waals surface area contributed by atoms with Crippen molar-refractivity contribution < 1.29 is 5.11 Å². The van der Waals surface area contributed by atoms with Crippen molar-refractivity contribution in [2.75, 3.05) is 0 Å². The quantitative estimate of drug-likeness (QED) is 0.896. The Balaban J connectivity index is 1.88. The fourth-order valence-corrected chi connectivity index (χ4v) is 2.94. The molecule has 0 aliphatic heterocycles. The molecule has 3 rings (SSSR count). The van der Waals surface area contributed by atoms with E-state index in [0.29, 0.717) is 0 Å². The first kappa shape index (κ1) is 13.3. The lowest BCUT2D eigenvalue weighted by atomic mass is 9.98. The van der Waals surface area contributed by atoms with Crippen LogP contribution in [0.5, 0.6) is 0 Å². The highest BCUT2D eigenvalue weighted by Gasteiger charge is 2.28. The van der Waals surface area contributed by atoms with Gasteiger partial charge in [0, 0.05) is 18.4 Å². The number of benzene rings is 1. The van der Waals surface area contributed by atoms with Crippen LogP contribution < -0.4 is 5.32 Å². The number of aliphatic hydroxyl groups is 1. The van der Waals surface area contributed by atoms with Crippen LogP contribution in [-0.4, -0.2) is 22.2 Å². The lowest BCUT2D eigenvalue weighted by Gasteiger charge is -2.26. The van der Waals surface area contributed by atoms with Crippen molar-refractivity contribution in [2.45, 2.75) is 37.5 Å². The topological polar surface area (TPSA) is 45.1 Å². The molecule has 0 bridgehead atoms. The van der Waals surface area contributed by atoms with E-state index >= 15 is 0 Å². The molecule has 3 unspecified atom stereocenters. The normalized spacial score (nSPS) is 23.6. The number of pyridine rings is 1. The number of rotatable bonds is 4. The molecule has 1 saturated carbocycles. The molecule has 0 radical (unpaired) electrons. The fourth-order valence-electron chi connectivity index (χ4n) is 2.94. The summed E-state index contributed by atoms with van der Waals surface area (Å²) in [6.45, 7) is 0. The first-order valence-electron chi connectivity index (χ1n) is 7.23. The van der Waals surface area contributed by atoms with Crippen molar-refractivity contribution in [1.29, 1.82) is 0 Å². The van der Waals surface area contributed by atoms with Crippen LogP contribution in [0.3, 0.4) is 0 Å². The van der Waals surface area contributed by atoms with Crippen LogP contribution >= 0.6 is 0 Å². The van der Waals surface area contributed by atoms with Gasteiger partial charge >= 0.3 is 0 Å². The van der Waals surface area contributed by atoms with Crippen LogP contribution in [0, 0.1) is 0 Å². The van der Waals surface area contributed by atoms with E-state index in [9.17, 15) is 5.11 Å². The van der Waals surface area contributed by atoms with E-state index in [1.165, 1.54) is 11.1 Å². The second kappa shape index (κ2) is 6.16. The molecular formula is C17H20N2O. The third kappa shape index (κ3) is 2.89. The minimum Gasteiger partial charge on any atom is -0.392 e. The van der Waals surface area contributed by atoms with Gasteiger partial charge in [0.15, 0.2) is 0 Å². The number of hydrogen-bond acceptors (Lipinski definition) is 3. The van der Waals surface area contributed by atoms with Gasteiger partial charge in [-0.25, -0.2) is 0 Å². The fraction of sp³-hybridized carbons (Fsp3) is 0.353. The third-order valence-electron chi connectivity index (χ3n) is 4.03. The van der Waals surface area contributed by atoms with Crippen molar-refractivity contribution in [3.8, 4) is 0 Å². The van der Waals surface area contributed by atoms with Gasteiger partial charge in [-0.15, -0.1) is 0 Å². The number of aliphatic hydroxyl groups excluding tert-OH is 1. The lowest BCUT2D eigenvalue weighted by Crippen LogP contribution is -2.38. The van der Waals surface area contributed by atoms with E-state index in [4.69, 9.17) is 0 Å². The smallest absolute Gasteiger partial charge is 0.0693 e. The van der Waals surface area contributed by atoms with Gasteiger partial charge in [0.1, 0.15) is 0 Å². The van der Waals surface area contributed by atoms with E-state index in [0.717, 1.165) is 19.3 Å². The maximum atomic E-state index is 10.1. The largest absolute Gasteiger partial charge is 0.392 e. The molecule has 1 aliphatic carbocycles. The van der Waals surface area contributed by atoms with Gasteiger partial charge in [-0.05, 0) is 42.5 Å². The van der Waals surface area contributed by atoms with Gasteiger partial charge in [-0.2, -0.15) is 0 Å². The molecule has 1 aliphatic rings. The molecule has 3 atom stereocenters. The van der Waals surface area contributed by atoms with Gasteiger partial charge in [0.2, 0.25) is 0 Å². The molecule has 104 valence electrons. The lowest BCUT2D eigenvalue weighted by molar-refractivity contribution is 0.145. The molecule has 2 aromatic rings. The van der Waals surface area contributed by atoms with E-state index in [1.54, 1.807) is 0 Å². The molecule has 0 amide bonds. The summed E-state index contributed by atoms with van der Waals surface area (Å²) < 4.78 is 0. The highest BCUT2D eigenvalue weighted by molar-refractivity contribution is 5.30. The first-order valence-corrected chi connectivity index (χ1v) is 7.23. The SMILES string of the molecule is OC1CCCC1NC(c1ccccc1)c1ccncc1. The van der Waals surface area contributed by atoms with E-state index < -0.39 is 0 Å². The summed E-state index contributed by atoms with van der Waals surface area (Å²) in [7, 11) is 0. The zero-order valence-electron chi connectivity index (χ0n) is 11.4. The van der Waals surface area contributed by atoms with Crippen LogP contribution in [0.4, 0.5) is 0 Å². The molecule has 2 N–H and O–H groups in total. The Hall–Kier alpha value is -1.71. The molecule has 0 spiro atoms. The van der Waals surface area contributed by atoms with Gasteiger partial charge in [0.25, 0.3) is 0 Å². The van der Waals surface area contributed by atoms with Gasteiger partial charge in [0.05, 0.1) is 12.1 Å². The number of nitrogens with one attached hydrogen (secondary N) is 1. The Morgan fingerprint density at radius 3 is 2.35 bits per heavy atom. The van der Waals surface area contributed by atoms with Crippen LogP contribution in [0.25, 0.3) is 0 Å². The molecule has 3 heteroatoms. The maximum Gasteiger partial charge on any atom is 0.0693 e. The number of nitrogens with zero attached hydrogens (tertiary/aromatic N) is 1. The summed E-state index contributed by atoms with van der Waals surface area (Å²) in [5.74, 6) is 0. The van der Waals surface area contributed by atoms with Crippen molar-refractivity contribution in [1.82, 2.24) is 10.3 Å². The van der Waals surface area contributed by atoms with E-state index in [-0.39, 0.29) is 18.2 Å². The van der Waals surface area contributed by atoms with Crippen LogP contribution in [0.15, 0.2) is 54.9 Å². The minimum atomic E-state index is -0.233. The van der Waals surface area contributed by atoms with E-state index in [1.807, 2.05) is 30.6 Å². The van der Waals surface area contributed by atoms with Crippen LogP contribution in [0.1, 0.15) is 36.4 Å². The van der Waals surface area contributed by atoms with Crippen molar-refractivity contribution in [3.63, 3.8) is 0 Å². The monoisotopic (exact) mass is 268 g/mol. The second-order valence-corrected chi connectivity index (χ2v) is 5.40. The molecule has 1 fully saturated rings. The zero-order valence-corrected chi connectivity index (χ0v) is 11.4. The van der Waals surface area contributed by atoms with Gasteiger partial charge in [-0.1, -0.05) is 30.3 Å². The maximum absolute atomic E-state index is 10.1. The Labute approximate surface area is 119 Å². The standard InChI is InChI=1S/C17H20N2O/c20-16-8-4-7-15(16)19-17(13-5-2-1-3-6-13)14-9-11-18-12-10-14/h1-3,5-6,9-12,15-17,19-20H,4,7-8H2. The summed E-state index contributed by atoms with van der Waals surface area (Å²) in [6.07, 6.45) is 6.43. The molecular weight excluding hydrogens is 248 g/mol. The molecule has 1 aromatic heterocycles.